The van der Waals surface area contributed by atoms with Crippen LogP contribution in [0.3, 0.4) is 0 Å². The third-order valence-electron chi connectivity index (χ3n) is 15.5. The summed E-state index contributed by atoms with van der Waals surface area (Å²) in [5, 5.41) is 24.4. The van der Waals surface area contributed by atoms with E-state index in [2.05, 4.69) is 118 Å². The maximum atomic E-state index is 10.2. The van der Waals surface area contributed by atoms with Crippen LogP contribution in [0.25, 0.3) is 146 Å². The van der Waals surface area contributed by atoms with Crippen LogP contribution in [0.4, 0.5) is 0 Å². The van der Waals surface area contributed by atoms with E-state index in [1.165, 1.54) is 0 Å². The molecule has 0 amide bonds. The summed E-state index contributed by atoms with van der Waals surface area (Å²) in [6, 6.07) is 94.7. The van der Waals surface area contributed by atoms with E-state index in [9.17, 15) is 10.5 Å². The van der Waals surface area contributed by atoms with Gasteiger partial charge in [0.25, 0.3) is 0 Å². The van der Waals surface area contributed by atoms with Crippen molar-refractivity contribution in [3.8, 4) is 114 Å². The lowest BCUT2D eigenvalue weighted by Gasteiger charge is -2.21. The molecule has 0 aliphatic rings. The monoisotopic (exact) mass is 1070 g/mol. The number of para-hydroxylation sites is 2. The Kier molecular flexibility index (Phi) is 12.0. The predicted octanol–water partition coefficient (Wildman–Crippen LogP) is 17.3. The van der Waals surface area contributed by atoms with Gasteiger partial charge in [0.05, 0.1) is 56.7 Å². The first-order valence-electron chi connectivity index (χ1n) is 27.6. The summed E-state index contributed by atoms with van der Waals surface area (Å²) < 4.78 is 4.59. The minimum Gasteiger partial charge on any atom is -0.309 e. The minimum atomic E-state index is 0.493. The number of fused-ring (bicyclic) bond motifs is 6. The molecule has 0 aliphatic heterocycles. The molecule has 0 N–H and O–H groups in total. The Balaban J connectivity index is 1.05. The molecule has 0 atom stereocenters. The van der Waals surface area contributed by atoms with Crippen molar-refractivity contribution in [3.05, 3.63) is 278 Å². The highest BCUT2D eigenvalue weighted by atomic mass is 15.1. The summed E-state index contributed by atoms with van der Waals surface area (Å²) in [6.07, 6.45) is 0. The smallest absolute Gasteiger partial charge is 0.164 e. The van der Waals surface area contributed by atoms with Crippen LogP contribution in [0.1, 0.15) is 11.1 Å². The quantitative estimate of drug-likeness (QED) is 0.132. The first-order valence-corrected chi connectivity index (χ1v) is 27.6. The largest absolute Gasteiger partial charge is 0.309 e. The van der Waals surface area contributed by atoms with Crippen LogP contribution in [0.5, 0.6) is 0 Å². The molecule has 390 valence electrons. The molecule has 0 bridgehead atoms. The molecule has 4 aromatic heterocycles. The second kappa shape index (κ2) is 20.6. The van der Waals surface area contributed by atoms with Gasteiger partial charge in [-0.05, 0) is 77.9 Å². The molecule has 0 fully saturated rings. The standard InChI is InChI=1S/C74H44N10/c75-45-47-38-40-63-59(42-47)55-30-13-15-34-61(55)83(63)65-36-18-32-57(73-79-69(49-20-5-1-6-21-49)77-70(80-73)50-22-7-2-8-23-50)67(65)53-28-17-29-54(44-53)68-58(74-81-71(51-24-9-3-10-25-51)78-72(82-74)52-26-11-4-12-27-52)33-19-37-66(68)84-62-35-16-14-31-56(62)60-43-48(46-76)39-41-64(60)84/h1-44H. The third kappa shape index (κ3) is 8.51. The molecule has 0 radical (unpaired) electrons. The van der Waals surface area contributed by atoms with Crippen LogP contribution in [0.2, 0.25) is 0 Å². The highest BCUT2D eigenvalue weighted by molar-refractivity contribution is 6.12. The predicted molar refractivity (Wildman–Crippen MR) is 335 cm³/mol. The van der Waals surface area contributed by atoms with Crippen LogP contribution >= 0.6 is 0 Å². The fourth-order valence-corrected chi connectivity index (χ4v) is 11.7. The van der Waals surface area contributed by atoms with Gasteiger partial charge in [-0.2, -0.15) is 10.5 Å². The minimum absolute atomic E-state index is 0.493. The topological polar surface area (TPSA) is 135 Å². The lowest BCUT2D eigenvalue weighted by molar-refractivity contribution is 1.07. The molecule has 0 saturated carbocycles. The van der Waals surface area contributed by atoms with E-state index in [1.54, 1.807) is 0 Å². The van der Waals surface area contributed by atoms with Crippen molar-refractivity contribution in [2.24, 2.45) is 0 Å². The van der Waals surface area contributed by atoms with Gasteiger partial charge >= 0.3 is 0 Å². The van der Waals surface area contributed by atoms with E-state index in [4.69, 9.17) is 29.9 Å². The summed E-state index contributed by atoms with van der Waals surface area (Å²) in [7, 11) is 0. The normalized spacial score (nSPS) is 11.3. The maximum Gasteiger partial charge on any atom is 0.164 e. The number of nitriles is 2. The maximum absolute atomic E-state index is 10.2. The Labute approximate surface area is 482 Å². The second-order valence-corrected chi connectivity index (χ2v) is 20.4. The van der Waals surface area contributed by atoms with Crippen LogP contribution in [-0.2, 0) is 0 Å². The Morgan fingerprint density at radius 2 is 0.560 bits per heavy atom. The van der Waals surface area contributed by atoms with Crippen molar-refractivity contribution in [1.29, 1.82) is 10.5 Å². The van der Waals surface area contributed by atoms with Crippen molar-refractivity contribution in [3.63, 3.8) is 0 Å². The number of hydrogen-bond donors (Lipinski definition) is 0. The van der Waals surface area contributed by atoms with Gasteiger partial charge in [0.15, 0.2) is 34.9 Å². The van der Waals surface area contributed by atoms with Crippen molar-refractivity contribution in [2.75, 3.05) is 0 Å². The summed E-state index contributed by atoms with van der Waals surface area (Å²) >= 11 is 0. The van der Waals surface area contributed by atoms with Gasteiger partial charge in [0.2, 0.25) is 0 Å². The molecular formula is C74H44N10. The number of hydrogen-bond acceptors (Lipinski definition) is 8. The lowest BCUT2D eigenvalue weighted by Crippen LogP contribution is -2.05. The Hall–Kier alpha value is -12.0. The zero-order valence-electron chi connectivity index (χ0n) is 44.9. The Bertz CT molecular complexity index is 4720. The molecule has 84 heavy (non-hydrogen) atoms. The average molecular weight is 1070 g/mol. The SMILES string of the molecule is N#Cc1ccc2c(c1)c1ccccc1n2-c1cccc(-c2nc(-c3ccccc3)nc(-c3ccccc3)n2)c1-c1cccc(-c2c(-c3nc(-c4ccccc4)nc(-c4ccccc4)n3)cccc2-n2c3ccccc3c3cc(C#N)ccc32)c1. The first-order chi connectivity index (χ1) is 41.6. The molecule has 10 nitrogen and oxygen atoms in total. The molecule has 15 rings (SSSR count). The van der Waals surface area contributed by atoms with E-state index >= 15 is 0 Å². The summed E-state index contributed by atoms with van der Waals surface area (Å²) in [4.78, 5) is 31.7. The summed E-state index contributed by atoms with van der Waals surface area (Å²) in [5.74, 6) is 3.15. The number of rotatable bonds is 10. The van der Waals surface area contributed by atoms with E-state index in [0.717, 1.165) is 111 Å². The molecule has 0 unspecified atom stereocenters. The van der Waals surface area contributed by atoms with Crippen LogP contribution in [-0.4, -0.2) is 39.0 Å². The van der Waals surface area contributed by atoms with Gasteiger partial charge in [0, 0.05) is 66.1 Å². The van der Waals surface area contributed by atoms with E-state index in [0.29, 0.717) is 46.1 Å². The van der Waals surface area contributed by atoms with Crippen molar-refractivity contribution >= 4 is 43.6 Å². The molecule has 11 aromatic carbocycles. The summed E-state index contributed by atoms with van der Waals surface area (Å²) in [5.41, 5.74) is 15.2. The zero-order valence-corrected chi connectivity index (χ0v) is 44.9. The van der Waals surface area contributed by atoms with Crippen molar-refractivity contribution in [1.82, 2.24) is 39.0 Å². The van der Waals surface area contributed by atoms with Crippen molar-refractivity contribution < 1.29 is 0 Å². The number of nitrogens with zero attached hydrogens (tertiary/aromatic N) is 10. The fourth-order valence-electron chi connectivity index (χ4n) is 11.7. The van der Waals surface area contributed by atoms with Gasteiger partial charge in [-0.15, -0.1) is 0 Å². The highest BCUT2D eigenvalue weighted by Gasteiger charge is 2.26. The molecule has 10 heteroatoms. The van der Waals surface area contributed by atoms with E-state index in [-0.39, 0.29) is 0 Å². The third-order valence-corrected chi connectivity index (χ3v) is 15.5. The lowest BCUT2D eigenvalue weighted by atomic mass is 9.91. The average Bonchev–Trinajstić information content (AvgIpc) is 4.24. The van der Waals surface area contributed by atoms with E-state index in [1.807, 2.05) is 170 Å². The molecule has 0 aliphatic carbocycles. The molecule has 0 spiro atoms. The second-order valence-electron chi connectivity index (χ2n) is 20.4. The van der Waals surface area contributed by atoms with Gasteiger partial charge < -0.3 is 9.13 Å². The molecule has 15 aromatic rings. The number of aromatic nitrogens is 8. The fraction of sp³-hybridized carbons (Fsp3) is 0. The van der Waals surface area contributed by atoms with Gasteiger partial charge in [-0.1, -0.05) is 200 Å². The zero-order chi connectivity index (χ0) is 56.1. The highest BCUT2D eigenvalue weighted by Crippen LogP contribution is 2.46. The van der Waals surface area contributed by atoms with Crippen molar-refractivity contribution in [2.45, 2.75) is 0 Å². The van der Waals surface area contributed by atoms with E-state index < -0.39 is 0 Å². The van der Waals surface area contributed by atoms with Gasteiger partial charge in [0.1, 0.15) is 0 Å². The molecular weight excluding hydrogens is 1030 g/mol. The molecule has 4 heterocycles. The first kappa shape index (κ1) is 49.1. The van der Waals surface area contributed by atoms with Gasteiger partial charge in [-0.25, -0.2) is 29.9 Å². The number of benzene rings is 11. The van der Waals surface area contributed by atoms with Crippen LogP contribution in [0, 0.1) is 22.7 Å². The van der Waals surface area contributed by atoms with Crippen LogP contribution in [0.15, 0.2) is 267 Å². The molecule has 0 saturated heterocycles. The van der Waals surface area contributed by atoms with Crippen LogP contribution < -0.4 is 0 Å². The Morgan fingerprint density at radius 1 is 0.250 bits per heavy atom. The Morgan fingerprint density at radius 3 is 0.929 bits per heavy atom. The van der Waals surface area contributed by atoms with Gasteiger partial charge in [-0.3, -0.25) is 0 Å². The summed E-state index contributed by atoms with van der Waals surface area (Å²) in [6.45, 7) is 0.